The van der Waals surface area contributed by atoms with E-state index in [1.165, 1.54) is 0 Å². The van der Waals surface area contributed by atoms with Crippen molar-refractivity contribution in [2.24, 2.45) is 0 Å². The Bertz CT molecular complexity index is 164. The van der Waals surface area contributed by atoms with E-state index in [0.717, 1.165) is 18.6 Å². The highest BCUT2D eigenvalue weighted by Gasteiger charge is 2.13. The number of nitrogens with one attached hydrogen (secondary N) is 1. The maximum absolute atomic E-state index is 5.23. The molecule has 0 aliphatic rings. The molecule has 0 aliphatic heterocycles. The largest absolute Gasteiger partial charge is 0.316 e. The van der Waals surface area contributed by atoms with Crippen LogP contribution < -0.4 is 5.32 Å². The van der Waals surface area contributed by atoms with Gasteiger partial charge < -0.3 is 5.32 Å². The summed E-state index contributed by atoms with van der Waals surface area (Å²) in [6.45, 7) is 6.72. The van der Waals surface area contributed by atoms with Gasteiger partial charge in [0.05, 0.1) is 0 Å². The Labute approximate surface area is 87.1 Å². The van der Waals surface area contributed by atoms with E-state index in [1.54, 1.807) is 0 Å². The molecule has 1 N–H and O–H groups in total. The molecule has 0 heterocycles. The van der Waals surface area contributed by atoms with Gasteiger partial charge in [-0.1, -0.05) is 20.8 Å². The molecular formula is C11H21NS. The van der Waals surface area contributed by atoms with Gasteiger partial charge in [0.15, 0.2) is 0 Å². The van der Waals surface area contributed by atoms with Crippen molar-refractivity contribution >= 4 is 11.8 Å². The normalized spacial score (nSPS) is 13.8. The number of thioether (sulfide) groups is 1. The van der Waals surface area contributed by atoms with E-state index < -0.39 is 0 Å². The minimum atomic E-state index is 0.352. The maximum Gasteiger partial charge on any atom is 0.0164 e. The molecule has 0 radical (unpaired) electrons. The molecule has 76 valence electrons. The Kier molecular flexibility index (Phi) is 6.28. The fourth-order valence-corrected chi connectivity index (χ4v) is 1.95. The van der Waals surface area contributed by atoms with Gasteiger partial charge in [-0.3, -0.25) is 0 Å². The lowest BCUT2D eigenvalue weighted by Gasteiger charge is -2.22. The van der Waals surface area contributed by atoms with Crippen molar-refractivity contribution in [3.63, 3.8) is 0 Å². The average Bonchev–Trinajstić information content (AvgIpc) is 2.03. The van der Waals surface area contributed by atoms with Gasteiger partial charge in [0.25, 0.3) is 0 Å². The standard InChI is InChI=1S/C11H21NS/c1-6-7-8-10(12-5)9-13-11(2,3)4/h1,10,12H,7-9H2,2-5H3. The summed E-state index contributed by atoms with van der Waals surface area (Å²) in [6, 6.07) is 0.556. The third kappa shape index (κ3) is 8.21. The molecular weight excluding hydrogens is 178 g/mol. The Balaban J connectivity index is 3.67. The van der Waals surface area contributed by atoms with Gasteiger partial charge in [-0.25, -0.2) is 0 Å². The van der Waals surface area contributed by atoms with Crippen LogP contribution in [-0.2, 0) is 0 Å². The molecule has 0 aromatic carbocycles. The minimum absolute atomic E-state index is 0.352. The first-order valence-corrected chi connectivity index (χ1v) is 5.73. The van der Waals surface area contributed by atoms with Crippen LogP contribution in [0.1, 0.15) is 33.6 Å². The summed E-state index contributed by atoms with van der Waals surface area (Å²) in [5.74, 6) is 3.82. The van der Waals surface area contributed by atoms with Crippen molar-refractivity contribution < 1.29 is 0 Å². The van der Waals surface area contributed by atoms with E-state index in [0.29, 0.717) is 10.8 Å². The number of terminal acetylenes is 1. The fourth-order valence-electron chi connectivity index (χ4n) is 0.919. The summed E-state index contributed by atoms with van der Waals surface area (Å²) < 4.78 is 0.352. The van der Waals surface area contributed by atoms with Crippen LogP contribution in [0, 0.1) is 12.3 Å². The zero-order valence-electron chi connectivity index (χ0n) is 9.18. The fraction of sp³-hybridized carbons (Fsp3) is 0.818. The first-order valence-electron chi connectivity index (χ1n) is 4.74. The Morgan fingerprint density at radius 1 is 1.46 bits per heavy atom. The summed E-state index contributed by atoms with van der Waals surface area (Å²) in [5.41, 5.74) is 0. The first-order chi connectivity index (χ1) is 5.99. The number of hydrogen-bond donors (Lipinski definition) is 1. The monoisotopic (exact) mass is 199 g/mol. The maximum atomic E-state index is 5.23. The van der Waals surface area contributed by atoms with Gasteiger partial charge in [0.2, 0.25) is 0 Å². The zero-order chi connectivity index (χ0) is 10.3. The molecule has 0 spiro atoms. The second kappa shape index (κ2) is 6.34. The van der Waals surface area contributed by atoms with Crippen molar-refractivity contribution in [1.29, 1.82) is 0 Å². The number of hydrogen-bond acceptors (Lipinski definition) is 2. The number of rotatable bonds is 5. The molecule has 0 saturated carbocycles. The van der Waals surface area contributed by atoms with Gasteiger partial charge in [-0.05, 0) is 13.5 Å². The Morgan fingerprint density at radius 2 is 2.08 bits per heavy atom. The molecule has 0 aromatic heterocycles. The van der Waals surface area contributed by atoms with Crippen LogP contribution in [0.2, 0.25) is 0 Å². The van der Waals surface area contributed by atoms with Gasteiger partial charge in [-0.15, -0.1) is 12.3 Å². The molecule has 2 heteroatoms. The first kappa shape index (κ1) is 12.9. The highest BCUT2D eigenvalue weighted by Crippen LogP contribution is 2.24. The van der Waals surface area contributed by atoms with Gasteiger partial charge in [-0.2, -0.15) is 11.8 Å². The van der Waals surface area contributed by atoms with Gasteiger partial charge in [0, 0.05) is 23.0 Å². The highest BCUT2D eigenvalue weighted by molar-refractivity contribution is 8.00. The van der Waals surface area contributed by atoms with Crippen LogP contribution in [0.15, 0.2) is 0 Å². The zero-order valence-corrected chi connectivity index (χ0v) is 10.0. The quantitative estimate of drug-likeness (QED) is 0.683. The lowest BCUT2D eigenvalue weighted by atomic mass is 10.2. The van der Waals surface area contributed by atoms with Crippen molar-refractivity contribution in [2.75, 3.05) is 12.8 Å². The second-order valence-corrected chi connectivity index (χ2v) is 6.00. The molecule has 0 fully saturated rings. The van der Waals surface area contributed by atoms with E-state index in [9.17, 15) is 0 Å². The lowest BCUT2D eigenvalue weighted by Crippen LogP contribution is -2.29. The van der Waals surface area contributed by atoms with Crippen LogP contribution in [0.25, 0.3) is 0 Å². The average molecular weight is 199 g/mol. The predicted molar refractivity (Wildman–Crippen MR) is 63.1 cm³/mol. The third-order valence-electron chi connectivity index (χ3n) is 1.76. The molecule has 0 rings (SSSR count). The topological polar surface area (TPSA) is 12.0 Å². The van der Waals surface area contributed by atoms with E-state index >= 15 is 0 Å². The van der Waals surface area contributed by atoms with E-state index in [1.807, 2.05) is 18.8 Å². The van der Waals surface area contributed by atoms with E-state index in [2.05, 4.69) is 32.0 Å². The molecule has 1 nitrogen and oxygen atoms in total. The van der Waals surface area contributed by atoms with Crippen LogP contribution in [0.5, 0.6) is 0 Å². The van der Waals surface area contributed by atoms with Crippen LogP contribution >= 0.6 is 11.8 Å². The van der Waals surface area contributed by atoms with E-state index in [4.69, 9.17) is 6.42 Å². The SMILES string of the molecule is C#CCCC(CSC(C)(C)C)NC. The summed E-state index contributed by atoms with van der Waals surface area (Å²) in [5, 5.41) is 3.29. The Hall–Kier alpha value is -0.130. The van der Waals surface area contributed by atoms with Gasteiger partial charge >= 0.3 is 0 Å². The summed E-state index contributed by atoms with van der Waals surface area (Å²) in [6.07, 6.45) is 7.18. The van der Waals surface area contributed by atoms with E-state index in [-0.39, 0.29) is 0 Å². The molecule has 13 heavy (non-hydrogen) atoms. The predicted octanol–water partition coefficient (Wildman–Crippen LogP) is 2.52. The molecule has 0 aromatic rings. The van der Waals surface area contributed by atoms with Crippen molar-refractivity contribution in [1.82, 2.24) is 5.32 Å². The molecule has 1 unspecified atom stereocenters. The highest BCUT2D eigenvalue weighted by atomic mass is 32.2. The molecule has 1 atom stereocenters. The van der Waals surface area contributed by atoms with Crippen LogP contribution in [0.3, 0.4) is 0 Å². The molecule has 0 saturated heterocycles. The summed E-state index contributed by atoms with van der Waals surface area (Å²) in [4.78, 5) is 0. The van der Waals surface area contributed by atoms with Crippen molar-refractivity contribution in [2.45, 2.75) is 44.4 Å². The molecule has 0 bridgehead atoms. The third-order valence-corrected chi connectivity index (χ3v) is 3.20. The molecule has 0 amide bonds. The summed E-state index contributed by atoms with van der Waals surface area (Å²) in [7, 11) is 2.00. The van der Waals surface area contributed by atoms with Gasteiger partial charge in [0.1, 0.15) is 0 Å². The summed E-state index contributed by atoms with van der Waals surface area (Å²) >= 11 is 1.99. The smallest absolute Gasteiger partial charge is 0.0164 e. The lowest BCUT2D eigenvalue weighted by molar-refractivity contribution is 0.580. The second-order valence-electron chi connectivity index (χ2n) is 4.15. The van der Waals surface area contributed by atoms with Crippen LogP contribution in [0.4, 0.5) is 0 Å². The van der Waals surface area contributed by atoms with Crippen molar-refractivity contribution in [3.05, 3.63) is 0 Å². The van der Waals surface area contributed by atoms with Crippen molar-refractivity contribution in [3.8, 4) is 12.3 Å². The van der Waals surface area contributed by atoms with Crippen LogP contribution in [-0.4, -0.2) is 23.6 Å². The minimum Gasteiger partial charge on any atom is -0.316 e. The molecule has 0 aliphatic carbocycles. The Morgan fingerprint density at radius 3 is 2.46 bits per heavy atom.